The van der Waals surface area contributed by atoms with Gasteiger partial charge in [0.2, 0.25) is 0 Å². The van der Waals surface area contributed by atoms with Crippen molar-refractivity contribution in [3.8, 4) is 17.3 Å². The molecule has 0 amide bonds. The SMILES string of the molecule is CCCCn1c(-c2ccc(C)cc2C)ccc(C#N)c1=O. The second-order valence-electron chi connectivity index (χ2n) is 5.37. The summed E-state index contributed by atoms with van der Waals surface area (Å²) < 4.78 is 1.74. The smallest absolute Gasteiger partial charge is 0.268 e. The van der Waals surface area contributed by atoms with Gasteiger partial charge in [0.1, 0.15) is 11.6 Å². The van der Waals surface area contributed by atoms with Gasteiger partial charge in [-0.2, -0.15) is 5.26 Å². The predicted octanol–water partition coefficient (Wildman–Crippen LogP) is 3.80. The van der Waals surface area contributed by atoms with Crippen LogP contribution in [0.4, 0.5) is 0 Å². The van der Waals surface area contributed by atoms with Crippen molar-refractivity contribution in [2.45, 2.75) is 40.2 Å². The Morgan fingerprint density at radius 2 is 1.95 bits per heavy atom. The van der Waals surface area contributed by atoms with Crippen LogP contribution in [0.15, 0.2) is 35.1 Å². The first kappa shape index (κ1) is 15.1. The molecule has 0 atom stereocenters. The standard InChI is InChI=1S/C18H20N2O/c1-4-5-10-20-17(9-7-15(12-19)18(20)21)16-8-6-13(2)11-14(16)3/h6-9,11H,4-5,10H2,1-3H3. The summed E-state index contributed by atoms with van der Waals surface area (Å²) >= 11 is 0. The lowest BCUT2D eigenvalue weighted by molar-refractivity contribution is 0.617. The fourth-order valence-corrected chi connectivity index (χ4v) is 2.54. The normalized spacial score (nSPS) is 10.4. The summed E-state index contributed by atoms with van der Waals surface area (Å²) in [6.07, 6.45) is 1.93. The van der Waals surface area contributed by atoms with Gasteiger partial charge >= 0.3 is 0 Å². The monoisotopic (exact) mass is 280 g/mol. The van der Waals surface area contributed by atoms with E-state index in [9.17, 15) is 4.79 Å². The molecule has 0 aliphatic heterocycles. The second-order valence-corrected chi connectivity index (χ2v) is 5.37. The van der Waals surface area contributed by atoms with E-state index in [1.54, 1.807) is 10.6 Å². The van der Waals surface area contributed by atoms with Crippen molar-refractivity contribution in [2.75, 3.05) is 0 Å². The van der Waals surface area contributed by atoms with Crippen molar-refractivity contribution in [1.82, 2.24) is 4.57 Å². The van der Waals surface area contributed by atoms with Crippen molar-refractivity contribution < 1.29 is 0 Å². The van der Waals surface area contributed by atoms with Gasteiger partial charge in [-0.05, 0) is 38.0 Å². The third kappa shape index (κ3) is 3.05. The molecular weight excluding hydrogens is 260 g/mol. The molecule has 0 saturated carbocycles. The summed E-state index contributed by atoms with van der Waals surface area (Å²) in [4.78, 5) is 12.4. The average Bonchev–Trinajstić information content (AvgIpc) is 2.46. The molecule has 0 radical (unpaired) electrons. The van der Waals surface area contributed by atoms with E-state index in [1.165, 1.54) is 5.56 Å². The first-order chi connectivity index (χ1) is 10.1. The Balaban J connectivity index is 2.65. The first-order valence-corrected chi connectivity index (χ1v) is 7.30. The number of hydrogen-bond acceptors (Lipinski definition) is 2. The van der Waals surface area contributed by atoms with E-state index >= 15 is 0 Å². The number of rotatable bonds is 4. The minimum Gasteiger partial charge on any atom is -0.307 e. The highest BCUT2D eigenvalue weighted by Crippen LogP contribution is 2.24. The Labute approximate surface area is 125 Å². The Bertz CT molecular complexity index is 751. The number of benzene rings is 1. The maximum absolute atomic E-state index is 12.4. The van der Waals surface area contributed by atoms with E-state index in [4.69, 9.17) is 5.26 Å². The molecule has 1 heterocycles. The molecule has 0 unspecified atom stereocenters. The van der Waals surface area contributed by atoms with Gasteiger partial charge in [0.05, 0.1) is 5.69 Å². The number of nitrogens with zero attached hydrogens (tertiary/aromatic N) is 2. The number of unbranched alkanes of at least 4 members (excludes halogenated alkanes) is 1. The zero-order chi connectivity index (χ0) is 15.4. The maximum atomic E-state index is 12.4. The highest BCUT2D eigenvalue weighted by atomic mass is 16.1. The molecule has 0 saturated heterocycles. The van der Waals surface area contributed by atoms with E-state index in [1.807, 2.05) is 18.2 Å². The van der Waals surface area contributed by atoms with Gasteiger partial charge in [0.15, 0.2) is 0 Å². The molecule has 1 aromatic heterocycles. The molecule has 0 fully saturated rings. The maximum Gasteiger partial charge on any atom is 0.268 e. The highest BCUT2D eigenvalue weighted by molar-refractivity contribution is 5.65. The topological polar surface area (TPSA) is 45.8 Å². The number of aromatic nitrogens is 1. The molecule has 1 aromatic carbocycles. The molecule has 0 spiro atoms. The van der Waals surface area contributed by atoms with Crippen molar-refractivity contribution in [2.24, 2.45) is 0 Å². The highest BCUT2D eigenvalue weighted by Gasteiger charge is 2.11. The molecule has 0 aliphatic rings. The molecule has 0 aliphatic carbocycles. The van der Waals surface area contributed by atoms with Gasteiger partial charge in [-0.3, -0.25) is 4.79 Å². The Morgan fingerprint density at radius 3 is 2.57 bits per heavy atom. The van der Waals surface area contributed by atoms with Crippen molar-refractivity contribution in [1.29, 1.82) is 5.26 Å². The minimum atomic E-state index is -0.191. The quantitative estimate of drug-likeness (QED) is 0.855. The third-order valence-corrected chi connectivity index (χ3v) is 3.69. The van der Waals surface area contributed by atoms with E-state index in [2.05, 4.69) is 32.9 Å². The van der Waals surface area contributed by atoms with Gasteiger partial charge in [-0.1, -0.05) is 37.1 Å². The van der Waals surface area contributed by atoms with Crippen molar-refractivity contribution in [3.63, 3.8) is 0 Å². The van der Waals surface area contributed by atoms with E-state index < -0.39 is 0 Å². The predicted molar refractivity (Wildman–Crippen MR) is 85.2 cm³/mol. The van der Waals surface area contributed by atoms with Crippen molar-refractivity contribution >= 4 is 0 Å². The molecule has 21 heavy (non-hydrogen) atoms. The molecule has 3 heteroatoms. The van der Waals surface area contributed by atoms with Crippen LogP contribution in [0.25, 0.3) is 11.3 Å². The van der Waals surface area contributed by atoms with Gasteiger partial charge in [-0.15, -0.1) is 0 Å². The Hall–Kier alpha value is -2.34. The Morgan fingerprint density at radius 1 is 1.19 bits per heavy atom. The zero-order valence-corrected chi connectivity index (χ0v) is 12.8. The summed E-state index contributed by atoms with van der Waals surface area (Å²) in [6.45, 7) is 6.85. The number of pyridine rings is 1. The van der Waals surface area contributed by atoms with Crippen LogP contribution in [0.2, 0.25) is 0 Å². The molecule has 108 valence electrons. The second kappa shape index (κ2) is 6.41. The molecule has 3 nitrogen and oxygen atoms in total. The van der Waals surface area contributed by atoms with Crippen LogP contribution in [0.3, 0.4) is 0 Å². The molecule has 2 aromatic rings. The summed E-state index contributed by atoms with van der Waals surface area (Å²) in [7, 11) is 0. The Kier molecular flexibility index (Phi) is 4.59. The van der Waals surface area contributed by atoms with Gasteiger partial charge in [0.25, 0.3) is 5.56 Å². The van der Waals surface area contributed by atoms with Crippen LogP contribution in [0.1, 0.15) is 36.5 Å². The zero-order valence-electron chi connectivity index (χ0n) is 12.8. The number of aryl methyl sites for hydroxylation is 2. The van der Waals surface area contributed by atoms with Crippen LogP contribution in [-0.2, 0) is 6.54 Å². The van der Waals surface area contributed by atoms with Crippen LogP contribution >= 0.6 is 0 Å². The lowest BCUT2D eigenvalue weighted by Gasteiger charge is -2.15. The van der Waals surface area contributed by atoms with Crippen LogP contribution in [-0.4, -0.2) is 4.57 Å². The first-order valence-electron chi connectivity index (χ1n) is 7.30. The fourth-order valence-electron chi connectivity index (χ4n) is 2.54. The summed E-state index contributed by atoms with van der Waals surface area (Å²) in [5, 5.41) is 9.06. The molecular formula is C18H20N2O. The largest absolute Gasteiger partial charge is 0.307 e. The number of hydrogen-bond donors (Lipinski definition) is 0. The van der Waals surface area contributed by atoms with E-state index in [0.717, 1.165) is 29.7 Å². The van der Waals surface area contributed by atoms with Gasteiger partial charge in [0, 0.05) is 12.1 Å². The van der Waals surface area contributed by atoms with E-state index in [-0.39, 0.29) is 11.1 Å². The van der Waals surface area contributed by atoms with Crippen LogP contribution < -0.4 is 5.56 Å². The minimum absolute atomic E-state index is 0.191. The lowest BCUT2D eigenvalue weighted by Crippen LogP contribution is -2.24. The summed E-state index contributed by atoms with van der Waals surface area (Å²) in [5.74, 6) is 0. The van der Waals surface area contributed by atoms with Crippen LogP contribution in [0.5, 0.6) is 0 Å². The lowest BCUT2D eigenvalue weighted by atomic mass is 10.0. The van der Waals surface area contributed by atoms with Gasteiger partial charge in [-0.25, -0.2) is 0 Å². The summed E-state index contributed by atoms with van der Waals surface area (Å²) in [6, 6.07) is 11.7. The summed E-state index contributed by atoms with van der Waals surface area (Å²) in [5.41, 5.74) is 4.31. The molecule has 2 rings (SSSR count). The van der Waals surface area contributed by atoms with Crippen LogP contribution in [0, 0.1) is 25.2 Å². The average molecular weight is 280 g/mol. The molecule has 0 bridgehead atoms. The molecule has 0 N–H and O–H groups in total. The third-order valence-electron chi connectivity index (χ3n) is 3.69. The van der Waals surface area contributed by atoms with Gasteiger partial charge < -0.3 is 4.57 Å². The van der Waals surface area contributed by atoms with Crippen molar-refractivity contribution in [3.05, 3.63) is 57.4 Å². The van der Waals surface area contributed by atoms with E-state index in [0.29, 0.717) is 6.54 Å². The fraction of sp³-hybridized carbons (Fsp3) is 0.333. The number of nitriles is 1.